The lowest BCUT2D eigenvalue weighted by Gasteiger charge is -2.24. The number of benzene rings is 1. The second kappa shape index (κ2) is 9.06. The number of aromatic nitrogens is 2. The molecule has 164 valence electrons. The van der Waals surface area contributed by atoms with Gasteiger partial charge in [-0.1, -0.05) is 0 Å². The Morgan fingerprint density at radius 2 is 1.94 bits per heavy atom. The number of carbonyl (C=O) groups is 1. The molecular weight excluding hydrogens is 440 g/mol. The highest BCUT2D eigenvalue weighted by Crippen LogP contribution is 2.29. The smallest absolute Gasteiger partial charge is 0.311 e. The van der Waals surface area contributed by atoms with Gasteiger partial charge in [0.25, 0.3) is 10.0 Å². The average molecular weight is 463 g/mol. The zero-order chi connectivity index (χ0) is 21.8. The Hall–Kier alpha value is -2.92. The van der Waals surface area contributed by atoms with Crippen molar-refractivity contribution in [3.05, 3.63) is 41.6 Å². The maximum atomic E-state index is 12.7. The Morgan fingerprint density at radius 3 is 2.65 bits per heavy atom. The van der Waals surface area contributed by atoms with Crippen molar-refractivity contribution < 1.29 is 22.4 Å². The third-order valence-corrected chi connectivity index (χ3v) is 7.58. The molecule has 1 saturated heterocycles. The number of nitrogens with one attached hydrogen (secondary N) is 1. The molecule has 0 spiro atoms. The van der Waals surface area contributed by atoms with Crippen LogP contribution in [0, 0.1) is 0 Å². The van der Waals surface area contributed by atoms with E-state index in [1.54, 1.807) is 34.5 Å². The number of hydrogen-bond donors (Lipinski definition) is 1. The first-order valence-electron chi connectivity index (χ1n) is 9.93. The number of amides is 1. The molecule has 0 radical (unpaired) electrons. The van der Waals surface area contributed by atoms with Crippen LogP contribution in [0.5, 0.6) is 5.75 Å². The van der Waals surface area contributed by atoms with E-state index in [-0.39, 0.29) is 21.9 Å². The van der Waals surface area contributed by atoms with Crippen LogP contribution in [-0.4, -0.2) is 49.1 Å². The van der Waals surface area contributed by atoms with Crippen LogP contribution in [0.25, 0.3) is 11.5 Å². The molecule has 0 unspecified atom stereocenters. The number of likely N-dealkylation sites (tertiary alicyclic amines) is 1. The summed E-state index contributed by atoms with van der Waals surface area (Å²) in [6.07, 6.45) is 3.02. The quantitative estimate of drug-likeness (QED) is 0.570. The zero-order valence-electron chi connectivity index (χ0n) is 16.9. The number of ether oxygens (including phenoxy) is 1. The minimum Gasteiger partial charge on any atom is -0.494 e. The topological polar surface area (TPSA) is 115 Å². The number of thiophene rings is 1. The van der Waals surface area contributed by atoms with E-state index in [2.05, 4.69) is 14.9 Å². The minimum atomic E-state index is -3.79. The first kappa shape index (κ1) is 21.3. The molecule has 0 bridgehead atoms. The molecule has 3 heterocycles. The third kappa shape index (κ3) is 4.88. The van der Waals surface area contributed by atoms with Crippen LogP contribution in [0.15, 0.2) is 44.3 Å². The van der Waals surface area contributed by atoms with Gasteiger partial charge in [-0.25, -0.2) is 8.42 Å². The summed E-state index contributed by atoms with van der Waals surface area (Å²) >= 11 is 1.03. The number of piperidine rings is 1. The van der Waals surface area contributed by atoms with Crippen molar-refractivity contribution in [1.82, 2.24) is 15.1 Å². The number of hydrogen-bond acceptors (Lipinski definition) is 8. The lowest BCUT2D eigenvalue weighted by Crippen LogP contribution is -2.35. The van der Waals surface area contributed by atoms with E-state index in [1.165, 1.54) is 6.07 Å². The fraction of sp³-hybridized carbons (Fsp3) is 0.350. The Labute approximate surface area is 184 Å². The van der Waals surface area contributed by atoms with Crippen molar-refractivity contribution in [3.63, 3.8) is 0 Å². The molecule has 0 aliphatic carbocycles. The predicted molar refractivity (Wildman–Crippen MR) is 116 cm³/mol. The predicted octanol–water partition coefficient (Wildman–Crippen LogP) is 3.62. The minimum absolute atomic E-state index is 0.0833. The summed E-state index contributed by atoms with van der Waals surface area (Å²) in [6, 6.07) is 8.10. The lowest BCUT2D eigenvalue weighted by molar-refractivity contribution is 0.0684. The monoisotopic (exact) mass is 462 g/mol. The highest BCUT2D eigenvalue weighted by atomic mass is 32.2. The van der Waals surface area contributed by atoms with Crippen LogP contribution in [0.1, 0.15) is 36.9 Å². The van der Waals surface area contributed by atoms with Gasteiger partial charge >= 0.3 is 11.8 Å². The van der Waals surface area contributed by atoms with Gasteiger partial charge in [0, 0.05) is 24.2 Å². The molecule has 3 aromatic rings. The molecule has 2 aromatic heterocycles. The second-order valence-corrected chi connectivity index (χ2v) is 9.80. The fourth-order valence-corrected chi connectivity index (χ4v) is 5.43. The standard InChI is InChI=1S/C20H22N4O5S2/c1-2-28-16-8-6-15(7-9-16)23-31(26,27)17-12-14(13-30-17)18-21-22-19(29-18)20(25)24-10-4-3-5-11-24/h6-9,12-13,23H,2-5,10-11H2,1H3. The van der Waals surface area contributed by atoms with Gasteiger partial charge in [0.05, 0.1) is 12.2 Å². The van der Waals surface area contributed by atoms with E-state index in [4.69, 9.17) is 9.15 Å². The average Bonchev–Trinajstić information content (AvgIpc) is 3.45. The van der Waals surface area contributed by atoms with Crippen LogP contribution in [0.3, 0.4) is 0 Å². The summed E-state index contributed by atoms with van der Waals surface area (Å²) < 4.78 is 39.0. The Balaban J connectivity index is 1.47. The molecule has 4 rings (SSSR count). The van der Waals surface area contributed by atoms with Gasteiger partial charge in [-0.3, -0.25) is 9.52 Å². The lowest BCUT2D eigenvalue weighted by atomic mass is 10.1. The highest BCUT2D eigenvalue weighted by Gasteiger charge is 2.25. The van der Waals surface area contributed by atoms with Gasteiger partial charge in [-0.05, 0) is 56.5 Å². The van der Waals surface area contributed by atoms with Gasteiger partial charge < -0.3 is 14.1 Å². The summed E-state index contributed by atoms with van der Waals surface area (Å²) in [7, 11) is -3.79. The Kier molecular flexibility index (Phi) is 6.23. The number of anilines is 1. The van der Waals surface area contributed by atoms with E-state index in [9.17, 15) is 13.2 Å². The van der Waals surface area contributed by atoms with Crippen molar-refractivity contribution in [1.29, 1.82) is 0 Å². The summed E-state index contributed by atoms with van der Waals surface area (Å²) in [6.45, 7) is 3.76. The van der Waals surface area contributed by atoms with Crippen molar-refractivity contribution in [2.75, 3.05) is 24.4 Å². The van der Waals surface area contributed by atoms with Crippen molar-refractivity contribution in [2.45, 2.75) is 30.4 Å². The molecule has 11 heteroatoms. The Bertz CT molecular complexity index is 1150. The maximum absolute atomic E-state index is 12.7. The number of rotatable bonds is 7. The van der Waals surface area contributed by atoms with Crippen molar-refractivity contribution >= 4 is 33.0 Å². The largest absolute Gasteiger partial charge is 0.494 e. The van der Waals surface area contributed by atoms with Crippen molar-refractivity contribution in [3.8, 4) is 17.2 Å². The van der Waals surface area contributed by atoms with E-state index < -0.39 is 10.0 Å². The maximum Gasteiger partial charge on any atom is 0.311 e. The van der Waals surface area contributed by atoms with Crippen LogP contribution in [-0.2, 0) is 10.0 Å². The van der Waals surface area contributed by atoms with E-state index in [1.807, 2.05) is 6.92 Å². The summed E-state index contributed by atoms with van der Waals surface area (Å²) in [5.41, 5.74) is 0.868. The van der Waals surface area contributed by atoms with E-state index >= 15 is 0 Å². The molecule has 1 aliphatic heterocycles. The SMILES string of the molecule is CCOc1ccc(NS(=O)(=O)c2cc(-c3nnc(C(=O)N4CCCCC4)o3)cs2)cc1. The summed E-state index contributed by atoms with van der Waals surface area (Å²) in [5, 5.41) is 9.38. The summed E-state index contributed by atoms with van der Waals surface area (Å²) in [5.74, 6) is 0.396. The molecule has 1 N–H and O–H groups in total. The van der Waals surface area contributed by atoms with E-state index in [0.717, 1.165) is 30.6 Å². The van der Waals surface area contributed by atoms with Crippen molar-refractivity contribution in [2.24, 2.45) is 0 Å². The zero-order valence-corrected chi connectivity index (χ0v) is 18.5. The first-order valence-corrected chi connectivity index (χ1v) is 12.3. The number of carbonyl (C=O) groups excluding carboxylic acids is 1. The molecule has 0 saturated carbocycles. The number of nitrogens with zero attached hydrogens (tertiary/aromatic N) is 3. The highest BCUT2D eigenvalue weighted by molar-refractivity contribution is 7.94. The molecule has 0 atom stereocenters. The fourth-order valence-electron chi connectivity index (χ4n) is 3.22. The van der Waals surface area contributed by atoms with E-state index in [0.29, 0.717) is 36.7 Å². The Morgan fingerprint density at radius 1 is 1.19 bits per heavy atom. The van der Waals surface area contributed by atoms with Crippen LogP contribution < -0.4 is 9.46 Å². The number of sulfonamides is 1. The van der Waals surface area contributed by atoms with Gasteiger partial charge in [-0.2, -0.15) is 0 Å². The second-order valence-electron chi connectivity index (χ2n) is 6.98. The first-order chi connectivity index (χ1) is 15.0. The van der Waals surface area contributed by atoms with Gasteiger partial charge in [0.1, 0.15) is 9.96 Å². The van der Waals surface area contributed by atoms with Gasteiger partial charge in [0.15, 0.2) is 0 Å². The summed E-state index contributed by atoms with van der Waals surface area (Å²) in [4.78, 5) is 14.2. The molecule has 31 heavy (non-hydrogen) atoms. The molecule has 1 amide bonds. The van der Waals surface area contributed by atoms with Crippen LogP contribution in [0.4, 0.5) is 5.69 Å². The molecule has 1 aliphatic rings. The molecule has 1 aromatic carbocycles. The third-order valence-electron chi connectivity index (χ3n) is 4.76. The van der Waals surface area contributed by atoms with Crippen LogP contribution >= 0.6 is 11.3 Å². The molecule has 1 fully saturated rings. The molecule has 9 nitrogen and oxygen atoms in total. The normalized spacial score (nSPS) is 14.4. The molecular formula is C20H22N4O5S2. The van der Waals surface area contributed by atoms with Gasteiger partial charge in [-0.15, -0.1) is 21.5 Å². The van der Waals surface area contributed by atoms with Crippen LogP contribution in [0.2, 0.25) is 0 Å². The van der Waals surface area contributed by atoms with Gasteiger partial charge in [0.2, 0.25) is 5.89 Å².